The molecular weight excluding hydrogens is 358 g/mol. The van der Waals surface area contributed by atoms with E-state index in [1.54, 1.807) is 40.7 Å². The van der Waals surface area contributed by atoms with Gasteiger partial charge in [0.15, 0.2) is 23.0 Å². The Balaban J connectivity index is 2.21. The summed E-state index contributed by atoms with van der Waals surface area (Å²) in [6.45, 7) is 0. The molecule has 0 saturated heterocycles. The van der Waals surface area contributed by atoms with Crippen LogP contribution in [0.5, 0.6) is 28.9 Å². The summed E-state index contributed by atoms with van der Waals surface area (Å²) in [6, 6.07) is 15.0. The van der Waals surface area contributed by atoms with Crippen molar-refractivity contribution < 1.29 is 24.1 Å². The van der Waals surface area contributed by atoms with E-state index in [0.29, 0.717) is 28.6 Å². The van der Waals surface area contributed by atoms with Crippen LogP contribution in [0.2, 0.25) is 0 Å². The molecule has 0 fully saturated rings. The van der Waals surface area contributed by atoms with Crippen molar-refractivity contribution in [1.82, 2.24) is 4.98 Å². The van der Waals surface area contributed by atoms with Gasteiger partial charge in [-0.05, 0) is 41.5 Å². The van der Waals surface area contributed by atoms with E-state index in [-0.39, 0.29) is 11.8 Å². The Bertz CT molecular complexity index is 902. The molecule has 0 bridgehead atoms. The molecule has 1 heterocycles. The average molecular weight is 381 g/mol. The largest absolute Gasteiger partial charge is 0.493 e. The Morgan fingerprint density at radius 1 is 0.714 bits per heavy atom. The molecule has 28 heavy (non-hydrogen) atoms. The SMILES string of the molecule is COc1ccc(C(c2ccc(OC)c(OC)c2)c2cccnc2O)cc1OC. The average Bonchev–Trinajstić information content (AvgIpc) is 2.74. The highest BCUT2D eigenvalue weighted by Crippen LogP contribution is 2.41. The van der Waals surface area contributed by atoms with Gasteiger partial charge in [-0.25, -0.2) is 4.98 Å². The lowest BCUT2D eigenvalue weighted by Crippen LogP contribution is -2.06. The summed E-state index contributed by atoms with van der Waals surface area (Å²) in [5.41, 5.74) is 2.49. The molecule has 0 amide bonds. The van der Waals surface area contributed by atoms with Gasteiger partial charge in [-0.3, -0.25) is 0 Å². The van der Waals surface area contributed by atoms with Gasteiger partial charge < -0.3 is 24.1 Å². The summed E-state index contributed by atoms with van der Waals surface area (Å²) in [5, 5.41) is 10.4. The summed E-state index contributed by atoms with van der Waals surface area (Å²) in [7, 11) is 6.37. The molecule has 3 aromatic rings. The third kappa shape index (κ3) is 3.67. The van der Waals surface area contributed by atoms with Gasteiger partial charge >= 0.3 is 0 Å². The summed E-state index contributed by atoms with van der Waals surface area (Å²) in [5.74, 6) is 2.15. The predicted molar refractivity (Wildman–Crippen MR) is 106 cm³/mol. The molecule has 0 aliphatic heterocycles. The number of ether oxygens (including phenoxy) is 4. The van der Waals surface area contributed by atoms with Crippen LogP contribution in [0.4, 0.5) is 0 Å². The van der Waals surface area contributed by atoms with E-state index in [1.165, 1.54) is 0 Å². The third-order valence-corrected chi connectivity index (χ3v) is 4.61. The Kier molecular flexibility index (Phi) is 5.89. The normalized spacial score (nSPS) is 10.6. The second kappa shape index (κ2) is 8.52. The van der Waals surface area contributed by atoms with Crippen LogP contribution < -0.4 is 18.9 Å². The number of rotatable bonds is 7. The van der Waals surface area contributed by atoms with Crippen LogP contribution >= 0.6 is 0 Å². The van der Waals surface area contributed by atoms with Crippen molar-refractivity contribution in [3.8, 4) is 28.9 Å². The van der Waals surface area contributed by atoms with Crippen molar-refractivity contribution in [2.24, 2.45) is 0 Å². The highest BCUT2D eigenvalue weighted by atomic mass is 16.5. The third-order valence-electron chi connectivity index (χ3n) is 4.61. The standard InChI is InChI=1S/C22H23NO5/c1-25-17-9-7-14(12-19(17)27-3)21(16-6-5-11-23-22(16)24)15-8-10-18(26-2)20(13-15)28-4/h5-13,21H,1-4H3,(H,23,24). The van der Waals surface area contributed by atoms with Crippen LogP contribution in [0, 0.1) is 0 Å². The second-order valence-electron chi connectivity index (χ2n) is 6.08. The van der Waals surface area contributed by atoms with Gasteiger partial charge in [0, 0.05) is 17.7 Å². The number of nitrogens with zero attached hydrogens (tertiary/aromatic N) is 1. The summed E-state index contributed by atoms with van der Waals surface area (Å²) in [6.07, 6.45) is 1.55. The number of pyridine rings is 1. The fraction of sp³-hybridized carbons (Fsp3) is 0.227. The lowest BCUT2D eigenvalue weighted by atomic mass is 9.85. The van der Waals surface area contributed by atoms with Crippen molar-refractivity contribution >= 4 is 0 Å². The molecule has 6 nitrogen and oxygen atoms in total. The Labute approximate surface area is 164 Å². The van der Waals surface area contributed by atoms with Crippen molar-refractivity contribution in [3.05, 3.63) is 71.4 Å². The van der Waals surface area contributed by atoms with E-state index in [2.05, 4.69) is 4.98 Å². The molecule has 0 spiro atoms. The van der Waals surface area contributed by atoms with Crippen LogP contribution in [0.1, 0.15) is 22.6 Å². The molecule has 0 aliphatic carbocycles. The molecule has 1 aromatic heterocycles. The molecule has 146 valence electrons. The second-order valence-corrected chi connectivity index (χ2v) is 6.08. The highest BCUT2D eigenvalue weighted by Gasteiger charge is 2.23. The zero-order valence-corrected chi connectivity index (χ0v) is 16.3. The number of aromatic nitrogens is 1. The fourth-order valence-electron chi connectivity index (χ4n) is 3.25. The monoisotopic (exact) mass is 381 g/mol. The van der Waals surface area contributed by atoms with Crippen LogP contribution in [-0.2, 0) is 0 Å². The highest BCUT2D eigenvalue weighted by molar-refractivity contribution is 5.54. The molecule has 1 N–H and O–H groups in total. The van der Waals surface area contributed by atoms with Gasteiger partial charge in [-0.1, -0.05) is 18.2 Å². The van der Waals surface area contributed by atoms with E-state index in [9.17, 15) is 5.11 Å². The molecular formula is C22H23NO5. The summed E-state index contributed by atoms with van der Waals surface area (Å²) < 4.78 is 21.6. The molecule has 3 rings (SSSR count). The Morgan fingerprint density at radius 3 is 1.64 bits per heavy atom. The number of hydrogen-bond acceptors (Lipinski definition) is 6. The Hall–Kier alpha value is -3.41. The van der Waals surface area contributed by atoms with Gasteiger partial charge in [0.05, 0.1) is 28.4 Å². The van der Waals surface area contributed by atoms with Crippen LogP contribution in [-0.4, -0.2) is 38.5 Å². The number of aromatic hydroxyl groups is 1. The van der Waals surface area contributed by atoms with E-state index in [4.69, 9.17) is 18.9 Å². The number of hydrogen-bond donors (Lipinski definition) is 1. The minimum absolute atomic E-state index is 0.0305. The van der Waals surface area contributed by atoms with Crippen LogP contribution in [0.3, 0.4) is 0 Å². The first-order valence-electron chi connectivity index (χ1n) is 8.70. The zero-order chi connectivity index (χ0) is 20.1. The minimum atomic E-state index is -0.298. The molecule has 6 heteroatoms. The van der Waals surface area contributed by atoms with Gasteiger partial charge in [0.2, 0.25) is 5.88 Å². The van der Waals surface area contributed by atoms with E-state index < -0.39 is 0 Å². The lowest BCUT2D eigenvalue weighted by Gasteiger charge is -2.21. The van der Waals surface area contributed by atoms with Gasteiger partial charge in [0.1, 0.15) is 0 Å². The van der Waals surface area contributed by atoms with Crippen molar-refractivity contribution in [2.45, 2.75) is 5.92 Å². The maximum atomic E-state index is 10.4. The van der Waals surface area contributed by atoms with Gasteiger partial charge in [0.25, 0.3) is 0 Å². The van der Waals surface area contributed by atoms with E-state index >= 15 is 0 Å². The topological polar surface area (TPSA) is 70.0 Å². The van der Waals surface area contributed by atoms with Gasteiger partial charge in [-0.2, -0.15) is 0 Å². The molecule has 0 atom stereocenters. The van der Waals surface area contributed by atoms with E-state index in [0.717, 1.165) is 11.1 Å². The fourth-order valence-corrected chi connectivity index (χ4v) is 3.25. The predicted octanol–water partition coefficient (Wildman–Crippen LogP) is 4.00. The first-order chi connectivity index (χ1) is 13.6. The first kappa shape index (κ1) is 19.4. The lowest BCUT2D eigenvalue weighted by molar-refractivity contribution is 0.353. The summed E-state index contributed by atoms with van der Waals surface area (Å²) >= 11 is 0. The maximum Gasteiger partial charge on any atom is 0.214 e. The molecule has 0 radical (unpaired) electrons. The smallest absolute Gasteiger partial charge is 0.214 e. The van der Waals surface area contributed by atoms with Crippen LogP contribution in [0.15, 0.2) is 54.7 Å². The summed E-state index contributed by atoms with van der Waals surface area (Å²) in [4.78, 5) is 4.05. The van der Waals surface area contributed by atoms with Gasteiger partial charge in [-0.15, -0.1) is 0 Å². The van der Waals surface area contributed by atoms with Crippen LogP contribution in [0.25, 0.3) is 0 Å². The molecule has 0 aliphatic rings. The van der Waals surface area contributed by atoms with E-state index in [1.807, 2.05) is 42.5 Å². The Morgan fingerprint density at radius 2 is 1.21 bits per heavy atom. The van der Waals surface area contributed by atoms with Crippen molar-refractivity contribution in [3.63, 3.8) is 0 Å². The number of benzene rings is 2. The first-order valence-corrected chi connectivity index (χ1v) is 8.70. The molecule has 2 aromatic carbocycles. The molecule has 0 unspecified atom stereocenters. The zero-order valence-electron chi connectivity index (χ0n) is 16.3. The maximum absolute atomic E-state index is 10.4. The minimum Gasteiger partial charge on any atom is -0.493 e. The van der Waals surface area contributed by atoms with Crippen molar-refractivity contribution in [2.75, 3.05) is 28.4 Å². The molecule has 0 saturated carbocycles. The quantitative estimate of drug-likeness (QED) is 0.667. The number of methoxy groups -OCH3 is 4. The van der Waals surface area contributed by atoms with Crippen molar-refractivity contribution in [1.29, 1.82) is 0 Å².